The second kappa shape index (κ2) is 6.93. The molecule has 0 saturated heterocycles. The van der Waals surface area contributed by atoms with Gasteiger partial charge in [-0.05, 0) is 32.4 Å². The number of thiazole rings is 1. The summed E-state index contributed by atoms with van der Waals surface area (Å²) in [5.74, 6) is -0.159. The SMILES string of the molecule is Cc1ccc(-c2nc3ccccc3c(C(=O)Nc3nc(C)cs3)c2C)cc1. The van der Waals surface area contributed by atoms with Crippen LogP contribution in [0.3, 0.4) is 0 Å². The minimum Gasteiger partial charge on any atom is -0.298 e. The molecule has 0 saturated carbocycles. The quantitative estimate of drug-likeness (QED) is 0.513. The Balaban J connectivity index is 1.88. The van der Waals surface area contributed by atoms with Crippen LogP contribution in [0.15, 0.2) is 53.9 Å². The van der Waals surface area contributed by atoms with E-state index in [9.17, 15) is 4.79 Å². The highest BCUT2D eigenvalue weighted by atomic mass is 32.1. The number of nitrogens with one attached hydrogen (secondary N) is 1. The van der Waals surface area contributed by atoms with Gasteiger partial charge in [-0.25, -0.2) is 9.97 Å². The van der Waals surface area contributed by atoms with Crippen LogP contribution < -0.4 is 5.32 Å². The maximum atomic E-state index is 13.1. The van der Waals surface area contributed by atoms with E-state index in [4.69, 9.17) is 4.98 Å². The molecular weight excluding hydrogens is 354 g/mol. The summed E-state index contributed by atoms with van der Waals surface area (Å²) >= 11 is 1.43. The minimum absolute atomic E-state index is 0.159. The number of amides is 1. The van der Waals surface area contributed by atoms with E-state index in [0.717, 1.165) is 33.4 Å². The zero-order chi connectivity index (χ0) is 19.0. The number of carbonyl (C=O) groups excluding carboxylic acids is 1. The van der Waals surface area contributed by atoms with Crippen LogP contribution in [0.1, 0.15) is 27.2 Å². The van der Waals surface area contributed by atoms with Gasteiger partial charge in [-0.3, -0.25) is 10.1 Å². The number of aryl methyl sites for hydroxylation is 2. The molecule has 0 radical (unpaired) electrons. The average Bonchev–Trinajstić information content (AvgIpc) is 3.06. The van der Waals surface area contributed by atoms with E-state index in [1.807, 2.05) is 55.6 Å². The van der Waals surface area contributed by atoms with Crippen LogP contribution in [-0.4, -0.2) is 15.9 Å². The third-order valence-electron chi connectivity index (χ3n) is 4.53. The van der Waals surface area contributed by atoms with E-state index < -0.39 is 0 Å². The maximum Gasteiger partial charge on any atom is 0.258 e. The molecule has 134 valence electrons. The van der Waals surface area contributed by atoms with Gasteiger partial charge in [0, 0.05) is 16.3 Å². The molecule has 1 N–H and O–H groups in total. The molecule has 4 nitrogen and oxygen atoms in total. The highest BCUT2D eigenvalue weighted by molar-refractivity contribution is 7.13. The van der Waals surface area contributed by atoms with Crippen molar-refractivity contribution in [3.8, 4) is 11.3 Å². The van der Waals surface area contributed by atoms with Crippen LogP contribution in [-0.2, 0) is 0 Å². The van der Waals surface area contributed by atoms with Crippen molar-refractivity contribution >= 4 is 33.3 Å². The lowest BCUT2D eigenvalue weighted by molar-refractivity contribution is 0.102. The highest BCUT2D eigenvalue weighted by Crippen LogP contribution is 2.30. The fourth-order valence-electron chi connectivity index (χ4n) is 3.16. The fraction of sp³-hybridized carbons (Fsp3) is 0.136. The first-order valence-corrected chi connectivity index (χ1v) is 9.61. The summed E-state index contributed by atoms with van der Waals surface area (Å²) in [7, 11) is 0. The van der Waals surface area contributed by atoms with Gasteiger partial charge in [0.05, 0.1) is 22.5 Å². The van der Waals surface area contributed by atoms with Crippen LogP contribution in [0.4, 0.5) is 5.13 Å². The Bertz CT molecular complexity index is 1150. The van der Waals surface area contributed by atoms with Gasteiger partial charge in [0.2, 0.25) is 0 Å². The molecule has 0 aliphatic rings. The molecule has 0 fully saturated rings. The number of rotatable bonds is 3. The van der Waals surface area contributed by atoms with Crippen molar-refractivity contribution < 1.29 is 4.79 Å². The monoisotopic (exact) mass is 373 g/mol. The lowest BCUT2D eigenvalue weighted by Gasteiger charge is -2.14. The zero-order valence-electron chi connectivity index (χ0n) is 15.4. The lowest BCUT2D eigenvalue weighted by atomic mass is 9.97. The first-order chi connectivity index (χ1) is 13.0. The van der Waals surface area contributed by atoms with Crippen LogP contribution in [0.25, 0.3) is 22.2 Å². The van der Waals surface area contributed by atoms with Crippen molar-refractivity contribution in [2.75, 3.05) is 5.32 Å². The number of carbonyl (C=O) groups is 1. The van der Waals surface area contributed by atoms with Gasteiger partial charge >= 0.3 is 0 Å². The average molecular weight is 373 g/mol. The Hall–Kier alpha value is -3.05. The Labute approximate surface area is 161 Å². The highest BCUT2D eigenvalue weighted by Gasteiger charge is 2.19. The van der Waals surface area contributed by atoms with E-state index in [1.165, 1.54) is 16.9 Å². The molecule has 0 atom stereocenters. The summed E-state index contributed by atoms with van der Waals surface area (Å²) in [6.07, 6.45) is 0. The number of anilines is 1. The first-order valence-electron chi connectivity index (χ1n) is 8.73. The molecule has 0 aliphatic carbocycles. The second-order valence-electron chi connectivity index (χ2n) is 6.59. The summed E-state index contributed by atoms with van der Waals surface area (Å²) in [5.41, 5.74) is 6.23. The molecule has 5 heteroatoms. The van der Waals surface area contributed by atoms with Crippen molar-refractivity contribution in [1.82, 2.24) is 9.97 Å². The number of aromatic nitrogens is 2. The van der Waals surface area contributed by atoms with Gasteiger partial charge in [-0.15, -0.1) is 11.3 Å². The van der Waals surface area contributed by atoms with E-state index in [0.29, 0.717) is 10.7 Å². The predicted molar refractivity (Wildman–Crippen MR) is 111 cm³/mol. The molecule has 2 heterocycles. The Morgan fingerprint density at radius 3 is 2.41 bits per heavy atom. The van der Waals surface area contributed by atoms with Gasteiger partial charge in [0.15, 0.2) is 5.13 Å². The molecule has 2 aromatic heterocycles. The van der Waals surface area contributed by atoms with Gasteiger partial charge < -0.3 is 0 Å². The third kappa shape index (κ3) is 3.34. The molecule has 4 aromatic rings. The number of benzene rings is 2. The number of para-hydroxylation sites is 1. The van der Waals surface area contributed by atoms with Crippen molar-refractivity contribution in [2.45, 2.75) is 20.8 Å². The van der Waals surface area contributed by atoms with Gasteiger partial charge in [-0.2, -0.15) is 0 Å². The van der Waals surface area contributed by atoms with E-state index in [-0.39, 0.29) is 5.91 Å². The summed E-state index contributed by atoms with van der Waals surface area (Å²) in [6, 6.07) is 16.0. The predicted octanol–water partition coefficient (Wildman–Crippen LogP) is 5.54. The maximum absolute atomic E-state index is 13.1. The van der Waals surface area contributed by atoms with Crippen LogP contribution >= 0.6 is 11.3 Å². The van der Waals surface area contributed by atoms with Gasteiger partial charge in [-0.1, -0.05) is 48.0 Å². The summed E-state index contributed by atoms with van der Waals surface area (Å²) in [4.78, 5) is 22.3. The largest absolute Gasteiger partial charge is 0.298 e. The molecule has 2 aromatic carbocycles. The van der Waals surface area contributed by atoms with Crippen molar-refractivity contribution in [3.05, 3.63) is 76.3 Å². The van der Waals surface area contributed by atoms with Crippen molar-refractivity contribution in [1.29, 1.82) is 0 Å². The first kappa shape index (κ1) is 17.4. The normalized spacial score (nSPS) is 10.9. The second-order valence-corrected chi connectivity index (χ2v) is 7.45. The third-order valence-corrected chi connectivity index (χ3v) is 5.40. The van der Waals surface area contributed by atoms with Crippen molar-refractivity contribution in [2.24, 2.45) is 0 Å². The molecule has 27 heavy (non-hydrogen) atoms. The van der Waals surface area contributed by atoms with Gasteiger partial charge in [0.25, 0.3) is 5.91 Å². The summed E-state index contributed by atoms with van der Waals surface area (Å²) in [6.45, 7) is 5.92. The number of hydrogen-bond acceptors (Lipinski definition) is 4. The molecule has 0 bridgehead atoms. The van der Waals surface area contributed by atoms with Crippen LogP contribution in [0, 0.1) is 20.8 Å². The number of nitrogens with zero attached hydrogens (tertiary/aromatic N) is 2. The minimum atomic E-state index is -0.159. The zero-order valence-corrected chi connectivity index (χ0v) is 16.2. The van der Waals surface area contributed by atoms with E-state index >= 15 is 0 Å². The topological polar surface area (TPSA) is 54.9 Å². The molecule has 1 amide bonds. The molecule has 4 rings (SSSR count). The van der Waals surface area contributed by atoms with Crippen LogP contribution in [0.5, 0.6) is 0 Å². The Kier molecular flexibility index (Phi) is 4.46. The fourth-order valence-corrected chi connectivity index (χ4v) is 3.85. The smallest absolute Gasteiger partial charge is 0.258 e. The summed E-state index contributed by atoms with van der Waals surface area (Å²) in [5, 5.41) is 6.31. The van der Waals surface area contributed by atoms with E-state index in [2.05, 4.69) is 29.4 Å². The lowest BCUT2D eigenvalue weighted by Crippen LogP contribution is -2.15. The van der Waals surface area contributed by atoms with Crippen LogP contribution in [0.2, 0.25) is 0 Å². The Morgan fingerprint density at radius 1 is 0.963 bits per heavy atom. The number of fused-ring (bicyclic) bond motifs is 1. The molecule has 0 aliphatic heterocycles. The number of hydrogen-bond donors (Lipinski definition) is 1. The van der Waals surface area contributed by atoms with Crippen molar-refractivity contribution in [3.63, 3.8) is 0 Å². The van der Waals surface area contributed by atoms with E-state index in [1.54, 1.807) is 0 Å². The number of pyridine rings is 1. The summed E-state index contributed by atoms with van der Waals surface area (Å²) < 4.78 is 0. The standard InChI is InChI=1S/C22H19N3OS/c1-13-8-10-16(11-9-13)20-15(3)19(17-6-4-5-7-18(17)24-20)21(26)25-22-23-14(2)12-27-22/h4-12H,1-3H3,(H,23,25,26). The molecule has 0 spiro atoms. The van der Waals surface area contributed by atoms with Gasteiger partial charge in [0.1, 0.15) is 0 Å². The Morgan fingerprint density at radius 2 is 1.70 bits per heavy atom. The molecular formula is C22H19N3OS. The molecule has 0 unspecified atom stereocenters.